The van der Waals surface area contributed by atoms with Gasteiger partial charge in [0, 0.05) is 17.5 Å². The zero-order valence-corrected chi connectivity index (χ0v) is 9.81. The number of aromatic nitrogens is 1. The van der Waals surface area contributed by atoms with E-state index >= 15 is 0 Å². The zero-order valence-electron chi connectivity index (χ0n) is 9.05. The molecule has 1 heterocycles. The van der Waals surface area contributed by atoms with Crippen LogP contribution in [-0.2, 0) is 6.18 Å². The molecule has 0 bridgehead atoms. The van der Waals surface area contributed by atoms with Crippen LogP contribution in [0.1, 0.15) is 37.4 Å². The molecule has 0 aromatic carbocycles. The van der Waals surface area contributed by atoms with Crippen LogP contribution in [0, 0.1) is 0 Å². The maximum atomic E-state index is 12.7. The number of rotatable bonds is 3. The minimum atomic E-state index is -4.37. The highest BCUT2D eigenvalue weighted by atomic mass is 35.5. The molecule has 1 aromatic rings. The quantitative estimate of drug-likeness (QED) is 0.733. The lowest BCUT2D eigenvalue weighted by atomic mass is 9.97. The lowest BCUT2D eigenvalue weighted by molar-refractivity contribution is -0.138. The summed E-state index contributed by atoms with van der Waals surface area (Å²) < 4.78 is 38.1. The zero-order chi connectivity index (χ0) is 12.3. The lowest BCUT2D eigenvalue weighted by Gasteiger charge is -2.20. The third-order valence-corrected chi connectivity index (χ3v) is 3.19. The maximum Gasteiger partial charge on any atom is 0.418 e. The highest BCUT2D eigenvalue weighted by Crippen LogP contribution is 2.36. The van der Waals surface area contributed by atoms with E-state index in [1.165, 1.54) is 12.3 Å². The number of halogens is 4. The SMILES string of the molecule is CCC(Cl)C(C)c1ncccc1C(F)(F)F. The van der Waals surface area contributed by atoms with Crippen LogP contribution in [0.3, 0.4) is 0 Å². The van der Waals surface area contributed by atoms with Crippen molar-refractivity contribution in [3.63, 3.8) is 0 Å². The lowest BCUT2D eigenvalue weighted by Crippen LogP contribution is -2.17. The smallest absolute Gasteiger partial charge is 0.260 e. The van der Waals surface area contributed by atoms with Gasteiger partial charge in [0.25, 0.3) is 0 Å². The van der Waals surface area contributed by atoms with Gasteiger partial charge in [-0.1, -0.05) is 13.8 Å². The van der Waals surface area contributed by atoms with E-state index in [0.717, 1.165) is 6.07 Å². The number of alkyl halides is 4. The second-order valence-electron chi connectivity index (χ2n) is 3.65. The van der Waals surface area contributed by atoms with E-state index in [2.05, 4.69) is 4.98 Å². The molecule has 0 aliphatic heterocycles. The second kappa shape index (κ2) is 5.04. The highest BCUT2D eigenvalue weighted by Gasteiger charge is 2.36. The second-order valence-corrected chi connectivity index (χ2v) is 4.21. The normalized spacial score (nSPS) is 15.9. The molecule has 0 amide bonds. The van der Waals surface area contributed by atoms with Gasteiger partial charge in [-0.25, -0.2) is 0 Å². The van der Waals surface area contributed by atoms with Crippen LogP contribution in [0.15, 0.2) is 18.3 Å². The van der Waals surface area contributed by atoms with Crippen LogP contribution in [-0.4, -0.2) is 10.4 Å². The standard InChI is InChI=1S/C11H13ClF3N/c1-3-9(12)7(2)10-8(11(13,14)15)5-4-6-16-10/h4-7,9H,3H2,1-2H3. The first kappa shape index (κ1) is 13.3. The molecule has 0 saturated carbocycles. The number of pyridine rings is 1. The van der Waals surface area contributed by atoms with Gasteiger partial charge in [-0.3, -0.25) is 4.98 Å². The largest absolute Gasteiger partial charge is 0.418 e. The summed E-state index contributed by atoms with van der Waals surface area (Å²) in [6, 6.07) is 2.33. The molecule has 1 aromatic heterocycles. The Morgan fingerprint density at radius 3 is 2.56 bits per heavy atom. The van der Waals surface area contributed by atoms with Crippen molar-refractivity contribution in [3.05, 3.63) is 29.6 Å². The van der Waals surface area contributed by atoms with E-state index in [-0.39, 0.29) is 11.1 Å². The Kier molecular flexibility index (Phi) is 4.19. The Morgan fingerprint density at radius 1 is 1.44 bits per heavy atom. The fraction of sp³-hybridized carbons (Fsp3) is 0.545. The first-order valence-electron chi connectivity index (χ1n) is 5.04. The van der Waals surface area contributed by atoms with Crippen molar-refractivity contribution < 1.29 is 13.2 Å². The van der Waals surface area contributed by atoms with Crippen LogP contribution in [0.5, 0.6) is 0 Å². The monoisotopic (exact) mass is 251 g/mol. The van der Waals surface area contributed by atoms with Gasteiger partial charge in [-0.05, 0) is 18.6 Å². The topological polar surface area (TPSA) is 12.9 Å². The molecule has 0 fully saturated rings. The molecule has 5 heteroatoms. The van der Waals surface area contributed by atoms with Crippen molar-refractivity contribution in [2.24, 2.45) is 0 Å². The van der Waals surface area contributed by atoms with E-state index in [0.29, 0.717) is 6.42 Å². The average molecular weight is 252 g/mol. The van der Waals surface area contributed by atoms with Gasteiger partial charge < -0.3 is 0 Å². The number of hydrogen-bond donors (Lipinski definition) is 0. The van der Waals surface area contributed by atoms with Crippen molar-refractivity contribution in [1.82, 2.24) is 4.98 Å². The summed E-state index contributed by atoms with van der Waals surface area (Å²) in [6.45, 7) is 3.50. The molecule has 0 spiro atoms. The molecule has 0 N–H and O–H groups in total. The summed E-state index contributed by atoms with van der Waals surface area (Å²) >= 11 is 5.96. The van der Waals surface area contributed by atoms with Gasteiger partial charge in [0.1, 0.15) is 0 Å². The van der Waals surface area contributed by atoms with Crippen molar-refractivity contribution in [1.29, 1.82) is 0 Å². The Balaban J connectivity index is 3.13. The Bertz CT molecular complexity index is 351. The molecule has 2 unspecified atom stereocenters. The molecule has 1 nitrogen and oxygen atoms in total. The van der Waals surface area contributed by atoms with Crippen molar-refractivity contribution >= 4 is 11.6 Å². The molecule has 0 saturated heterocycles. The Labute approximate surface area is 97.6 Å². The van der Waals surface area contributed by atoms with Crippen LogP contribution < -0.4 is 0 Å². The fourth-order valence-corrected chi connectivity index (χ4v) is 1.66. The van der Waals surface area contributed by atoms with Crippen molar-refractivity contribution in [3.8, 4) is 0 Å². The fourth-order valence-electron chi connectivity index (χ4n) is 1.54. The summed E-state index contributed by atoms with van der Waals surface area (Å²) in [4.78, 5) is 3.81. The summed E-state index contributed by atoms with van der Waals surface area (Å²) in [6.07, 6.45) is -2.40. The van der Waals surface area contributed by atoms with E-state index in [9.17, 15) is 13.2 Å². The van der Waals surface area contributed by atoms with Crippen LogP contribution in [0.25, 0.3) is 0 Å². The van der Waals surface area contributed by atoms with E-state index in [1.807, 2.05) is 6.92 Å². The minimum Gasteiger partial charge on any atom is -0.260 e. The Hall–Kier alpha value is -0.770. The number of hydrogen-bond acceptors (Lipinski definition) is 1. The van der Waals surface area contributed by atoms with E-state index < -0.39 is 17.7 Å². The summed E-state index contributed by atoms with van der Waals surface area (Å²) in [5, 5.41) is -0.337. The maximum absolute atomic E-state index is 12.7. The van der Waals surface area contributed by atoms with Crippen LogP contribution in [0.4, 0.5) is 13.2 Å². The summed E-state index contributed by atoms with van der Waals surface area (Å²) in [5.41, 5.74) is -0.668. The third kappa shape index (κ3) is 2.88. The van der Waals surface area contributed by atoms with Gasteiger partial charge in [-0.15, -0.1) is 11.6 Å². The van der Waals surface area contributed by atoms with Gasteiger partial charge in [0.05, 0.1) is 11.3 Å². The van der Waals surface area contributed by atoms with E-state index in [1.54, 1.807) is 6.92 Å². The average Bonchev–Trinajstić information content (AvgIpc) is 2.26. The van der Waals surface area contributed by atoms with Gasteiger partial charge in [0.15, 0.2) is 0 Å². The first-order chi connectivity index (χ1) is 7.38. The molecule has 0 radical (unpaired) electrons. The molecular formula is C11H13ClF3N. The van der Waals surface area contributed by atoms with Gasteiger partial charge in [0.2, 0.25) is 0 Å². The third-order valence-electron chi connectivity index (χ3n) is 2.51. The predicted octanol–water partition coefficient (Wildman–Crippen LogP) is 4.22. The molecule has 1 rings (SSSR count). The molecule has 0 aliphatic carbocycles. The predicted molar refractivity (Wildman–Crippen MR) is 57.6 cm³/mol. The minimum absolute atomic E-state index is 0.0249. The van der Waals surface area contributed by atoms with Crippen LogP contribution >= 0.6 is 11.6 Å². The van der Waals surface area contributed by atoms with Crippen molar-refractivity contribution in [2.45, 2.75) is 37.7 Å². The summed E-state index contributed by atoms with van der Waals surface area (Å²) in [7, 11) is 0. The highest BCUT2D eigenvalue weighted by molar-refractivity contribution is 6.21. The molecule has 2 atom stereocenters. The van der Waals surface area contributed by atoms with E-state index in [4.69, 9.17) is 11.6 Å². The molecule has 90 valence electrons. The molecule has 0 aliphatic rings. The van der Waals surface area contributed by atoms with Crippen molar-refractivity contribution in [2.75, 3.05) is 0 Å². The first-order valence-corrected chi connectivity index (χ1v) is 5.47. The van der Waals surface area contributed by atoms with Crippen LogP contribution in [0.2, 0.25) is 0 Å². The van der Waals surface area contributed by atoms with Gasteiger partial charge in [-0.2, -0.15) is 13.2 Å². The number of nitrogens with zero attached hydrogens (tertiary/aromatic N) is 1. The van der Waals surface area contributed by atoms with Gasteiger partial charge >= 0.3 is 6.18 Å². The summed E-state index contributed by atoms with van der Waals surface area (Å²) in [5.74, 6) is -0.413. The Morgan fingerprint density at radius 2 is 2.06 bits per heavy atom. The molecular weight excluding hydrogens is 239 g/mol. The molecule has 16 heavy (non-hydrogen) atoms.